The Morgan fingerprint density at radius 3 is 2.16 bits per heavy atom. The van der Waals surface area contributed by atoms with Gasteiger partial charge in [-0.15, -0.1) is 0 Å². The van der Waals surface area contributed by atoms with Gasteiger partial charge in [-0.3, -0.25) is 0 Å². The van der Waals surface area contributed by atoms with E-state index in [1.54, 1.807) is 0 Å². The van der Waals surface area contributed by atoms with Crippen LogP contribution < -0.4 is 5.32 Å². The van der Waals surface area contributed by atoms with Crippen LogP contribution in [0.3, 0.4) is 0 Å². The van der Waals surface area contributed by atoms with E-state index in [0.29, 0.717) is 0 Å². The average molecular weight is 566 g/mol. The van der Waals surface area contributed by atoms with E-state index in [4.69, 9.17) is 9.41 Å². The molecule has 2 aromatic heterocycles. The van der Waals surface area contributed by atoms with Gasteiger partial charge in [0.1, 0.15) is 17.0 Å². The van der Waals surface area contributed by atoms with E-state index in [0.717, 1.165) is 61.3 Å². The number of hydrogen-bond acceptors (Lipinski definition) is 3. The Bertz CT molecular complexity index is 2410. The smallest absolute Gasteiger partial charge is 0.135 e. The molecule has 0 aliphatic carbocycles. The fraction of sp³-hybridized carbons (Fsp3) is 0.0250. The maximum Gasteiger partial charge on any atom is 0.135 e. The van der Waals surface area contributed by atoms with Crippen molar-refractivity contribution in [2.45, 2.75) is 6.04 Å². The van der Waals surface area contributed by atoms with Gasteiger partial charge in [0.05, 0.1) is 22.8 Å². The molecule has 1 atom stereocenters. The Morgan fingerprint density at radius 1 is 0.591 bits per heavy atom. The Hall–Kier alpha value is -5.87. The highest BCUT2D eigenvalue weighted by molar-refractivity contribution is 6.21. The quantitative estimate of drug-likeness (QED) is 0.231. The third kappa shape index (κ3) is 3.89. The lowest BCUT2D eigenvalue weighted by atomic mass is 9.99. The molecule has 6 aromatic carbocycles. The number of rotatable bonds is 4. The summed E-state index contributed by atoms with van der Waals surface area (Å²) in [5.41, 5.74) is 9.51. The topological polar surface area (TPSA) is 42.5 Å². The molecule has 1 unspecified atom stereocenters. The van der Waals surface area contributed by atoms with Crippen LogP contribution in [0.25, 0.3) is 55.1 Å². The maximum atomic E-state index is 6.15. The number of amidine groups is 1. The molecule has 0 spiro atoms. The number of aliphatic imine (C=N–C) groups is 1. The van der Waals surface area contributed by atoms with Crippen molar-refractivity contribution in [1.82, 2.24) is 9.88 Å². The van der Waals surface area contributed by atoms with Crippen LogP contribution in [0.4, 0.5) is 0 Å². The lowest BCUT2D eigenvalue weighted by Crippen LogP contribution is -2.31. The molecule has 0 fully saturated rings. The summed E-state index contributed by atoms with van der Waals surface area (Å²) in [6.07, 6.45) is 2.22. The van der Waals surface area contributed by atoms with Crippen molar-refractivity contribution in [3.05, 3.63) is 168 Å². The van der Waals surface area contributed by atoms with Crippen LogP contribution in [0.2, 0.25) is 0 Å². The summed E-state index contributed by atoms with van der Waals surface area (Å²) in [7, 11) is 0. The number of aromatic nitrogens is 1. The molecule has 0 saturated heterocycles. The Labute approximate surface area is 254 Å². The largest absolute Gasteiger partial charge is 0.456 e. The summed E-state index contributed by atoms with van der Waals surface area (Å²) >= 11 is 0. The number of furan rings is 1. The first-order valence-corrected chi connectivity index (χ1v) is 14.9. The zero-order valence-electron chi connectivity index (χ0n) is 23.8. The molecule has 0 saturated carbocycles. The van der Waals surface area contributed by atoms with Crippen molar-refractivity contribution in [3.8, 4) is 5.69 Å². The fourth-order valence-corrected chi connectivity index (χ4v) is 6.63. The predicted molar refractivity (Wildman–Crippen MR) is 181 cm³/mol. The highest BCUT2D eigenvalue weighted by Crippen LogP contribution is 2.38. The monoisotopic (exact) mass is 565 g/mol. The zero-order valence-corrected chi connectivity index (χ0v) is 23.8. The van der Waals surface area contributed by atoms with Crippen molar-refractivity contribution in [3.63, 3.8) is 0 Å². The lowest BCUT2D eigenvalue weighted by Gasteiger charge is -2.25. The average Bonchev–Trinajstić information content (AvgIpc) is 3.64. The van der Waals surface area contributed by atoms with E-state index in [9.17, 15) is 0 Å². The second-order valence-corrected chi connectivity index (χ2v) is 11.2. The van der Waals surface area contributed by atoms with E-state index in [1.807, 2.05) is 18.2 Å². The van der Waals surface area contributed by atoms with Crippen molar-refractivity contribution >= 4 is 55.3 Å². The summed E-state index contributed by atoms with van der Waals surface area (Å²) in [6, 6.07) is 50.9. The number of fused-ring (bicyclic) bond motifs is 6. The minimum Gasteiger partial charge on any atom is -0.456 e. The first-order valence-electron chi connectivity index (χ1n) is 14.9. The van der Waals surface area contributed by atoms with Gasteiger partial charge in [0.25, 0.3) is 0 Å². The number of hydrogen-bond donors (Lipinski definition) is 1. The van der Waals surface area contributed by atoms with Crippen LogP contribution in [0.15, 0.2) is 161 Å². The second kappa shape index (κ2) is 9.85. The summed E-state index contributed by atoms with van der Waals surface area (Å²) < 4.78 is 8.52. The third-order valence-corrected chi connectivity index (χ3v) is 8.65. The molecule has 3 heterocycles. The number of para-hydroxylation sites is 2. The van der Waals surface area contributed by atoms with Crippen LogP contribution in [0.1, 0.15) is 22.7 Å². The third-order valence-electron chi connectivity index (χ3n) is 8.65. The standard InChI is InChI=1S/C40H27N3O/c1-3-12-26(13-4-1)33-25-34(27-14-5-2-6-15-27)42-40(41-33)31-18-11-20-36-39(31)30-17-7-9-19-35(30)43(36)28-22-23-38-32(24-28)29-16-8-10-21-37(29)44-38/h1-25,33H,(H,41,42). The van der Waals surface area contributed by atoms with Gasteiger partial charge in [-0.2, -0.15) is 0 Å². The highest BCUT2D eigenvalue weighted by Gasteiger charge is 2.23. The fourth-order valence-electron chi connectivity index (χ4n) is 6.63. The van der Waals surface area contributed by atoms with E-state index >= 15 is 0 Å². The highest BCUT2D eigenvalue weighted by atomic mass is 16.3. The van der Waals surface area contributed by atoms with Gasteiger partial charge in [0.2, 0.25) is 0 Å². The number of nitrogens with one attached hydrogen (secondary N) is 1. The first-order chi connectivity index (χ1) is 21.8. The number of benzene rings is 6. The van der Waals surface area contributed by atoms with E-state index in [1.165, 1.54) is 16.3 Å². The normalized spacial score (nSPS) is 15.0. The Kier molecular flexibility index (Phi) is 5.53. The van der Waals surface area contributed by atoms with E-state index in [-0.39, 0.29) is 6.04 Å². The molecule has 4 nitrogen and oxygen atoms in total. The van der Waals surface area contributed by atoms with Crippen LogP contribution in [0.5, 0.6) is 0 Å². The molecule has 0 bridgehead atoms. The second-order valence-electron chi connectivity index (χ2n) is 11.2. The first kappa shape index (κ1) is 24.7. The molecule has 0 radical (unpaired) electrons. The molecular formula is C40H27N3O. The molecule has 0 amide bonds. The van der Waals surface area contributed by atoms with Gasteiger partial charge in [0.15, 0.2) is 0 Å². The van der Waals surface area contributed by atoms with Crippen molar-refractivity contribution in [1.29, 1.82) is 0 Å². The molecule has 1 aliphatic heterocycles. The van der Waals surface area contributed by atoms with Crippen molar-refractivity contribution in [2.75, 3.05) is 0 Å². The Balaban J connectivity index is 1.27. The van der Waals surface area contributed by atoms with Crippen LogP contribution in [-0.2, 0) is 0 Å². The summed E-state index contributed by atoms with van der Waals surface area (Å²) in [5, 5.41) is 8.38. The molecule has 8 aromatic rings. The van der Waals surface area contributed by atoms with Gasteiger partial charge < -0.3 is 14.3 Å². The minimum atomic E-state index is -0.0145. The lowest BCUT2D eigenvalue weighted by molar-refractivity contribution is 0.669. The SMILES string of the molecule is C1=C(c2ccccc2)N=C(c2cccc3c2c2ccccc2n3-c2ccc3oc4ccccc4c3c2)NC1c1ccccc1. The zero-order chi connectivity index (χ0) is 29.0. The van der Waals surface area contributed by atoms with Crippen LogP contribution in [-0.4, -0.2) is 10.4 Å². The van der Waals surface area contributed by atoms with Crippen molar-refractivity contribution < 1.29 is 4.42 Å². The summed E-state index contributed by atoms with van der Waals surface area (Å²) in [5.74, 6) is 0.866. The van der Waals surface area contributed by atoms with Gasteiger partial charge in [-0.25, -0.2) is 4.99 Å². The minimum absolute atomic E-state index is 0.0145. The molecule has 44 heavy (non-hydrogen) atoms. The van der Waals surface area contributed by atoms with E-state index < -0.39 is 0 Å². The summed E-state index contributed by atoms with van der Waals surface area (Å²) in [4.78, 5) is 5.25. The maximum absolute atomic E-state index is 6.15. The molecule has 1 aliphatic rings. The molecule has 4 heteroatoms. The van der Waals surface area contributed by atoms with Crippen LogP contribution >= 0.6 is 0 Å². The van der Waals surface area contributed by atoms with Crippen molar-refractivity contribution in [2.24, 2.45) is 4.99 Å². The van der Waals surface area contributed by atoms with Gasteiger partial charge >= 0.3 is 0 Å². The van der Waals surface area contributed by atoms with Crippen LogP contribution in [0, 0.1) is 0 Å². The number of nitrogens with zero attached hydrogens (tertiary/aromatic N) is 2. The van der Waals surface area contributed by atoms with E-state index in [2.05, 4.69) is 143 Å². The molecular weight excluding hydrogens is 538 g/mol. The Morgan fingerprint density at radius 2 is 1.30 bits per heavy atom. The predicted octanol–water partition coefficient (Wildman–Crippen LogP) is 9.82. The van der Waals surface area contributed by atoms with Gasteiger partial charge in [-0.05, 0) is 53.6 Å². The summed E-state index contributed by atoms with van der Waals surface area (Å²) in [6.45, 7) is 0. The molecule has 208 valence electrons. The molecule has 1 N–H and O–H groups in total. The van der Waals surface area contributed by atoms with Gasteiger partial charge in [-0.1, -0.05) is 109 Å². The van der Waals surface area contributed by atoms with Gasteiger partial charge in [0, 0.05) is 32.8 Å². The molecule has 9 rings (SSSR count).